The lowest BCUT2D eigenvalue weighted by atomic mass is 9.98. The van der Waals surface area contributed by atoms with Gasteiger partial charge in [0.15, 0.2) is 0 Å². The van der Waals surface area contributed by atoms with Crippen LogP contribution in [0.5, 0.6) is 0 Å². The lowest BCUT2D eigenvalue weighted by Gasteiger charge is -2.15. The zero-order valence-electron chi connectivity index (χ0n) is 10.3. The van der Waals surface area contributed by atoms with Crippen LogP contribution in [0.25, 0.3) is 0 Å². The first-order valence-corrected chi connectivity index (χ1v) is 6.82. The number of halogens is 1. The minimum atomic E-state index is -0.124. The third kappa shape index (κ3) is 2.39. The SMILES string of the molecule is Cc1ccc(C)c(C(N)c2scc(C)c2Cl)c1. The second-order valence-electron chi connectivity index (χ2n) is 4.43. The molecular weight excluding hydrogens is 250 g/mol. The Morgan fingerprint density at radius 1 is 1.18 bits per heavy atom. The molecule has 1 aromatic carbocycles. The zero-order chi connectivity index (χ0) is 12.6. The van der Waals surface area contributed by atoms with Crippen LogP contribution < -0.4 is 5.73 Å². The van der Waals surface area contributed by atoms with Gasteiger partial charge < -0.3 is 5.73 Å². The van der Waals surface area contributed by atoms with Crippen molar-refractivity contribution in [1.29, 1.82) is 0 Å². The summed E-state index contributed by atoms with van der Waals surface area (Å²) in [6.45, 7) is 6.18. The van der Waals surface area contributed by atoms with E-state index < -0.39 is 0 Å². The minimum Gasteiger partial charge on any atom is -0.320 e. The van der Waals surface area contributed by atoms with E-state index in [1.807, 2.05) is 6.92 Å². The summed E-state index contributed by atoms with van der Waals surface area (Å²) >= 11 is 7.91. The molecule has 0 aliphatic carbocycles. The summed E-state index contributed by atoms with van der Waals surface area (Å²) in [4.78, 5) is 1.05. The maximum atomic E-state index is 6.33. The van der Waals surface area contributed by atoms with Gasteiger partial charge in [-0.1, -0.05) is 35.4 Å². The molecule has 90 valence electrons. The third-order valence-electron chi connectivity index (χ3n) is 2.98. The molecular formula is C14H16ClNS. The highest BCUT2D eigenvalue weighted by atomic mass is 35.5. The average Bonchev–Trinajstić information content (AvgIpc) is 2.62. The largest absolute Gasteiger partial charge is 0.320 e. The number of hydrogen-bond donors (Lipinski definition) is 1. The van der Waals surface area contributed by atoms with Crippen molar-refractivity contribution in [2.75, 3.05) is 0 Å². The zero-order valence-corrected chi connectivity index (χ0v) is 11.8. The van der Waals surface area contributed by atoms with Crippen molar-refractivity contribution in [3.8, 4) is 0 Å². The van der Waals surface area contributed by atoms with Crippen molar-refractivity contribution in [2.24, 2.45) is 5.73 Å². The highest BCUT2D eigenvalue weighted by Gasteiger charge is 2.17. The van der Waals surface area contributed by atoms with E-state index in [4.69, 9.17) is 17.3 Å². The number of hydrogen-bond acceptors (Lipinski definition) is 2. The standard InChI is InChI=1S/C14H16ClNS/c1-8-4-5-9(2)11(6-8)13(16)14-12(15)10(3)7-17-14/h4-7,13H,16H2,1-3H3. The summed E-state index contributed by atoms with van der Waals surface area (Å²) in [5.41, 5.74) is 11.0. The molecule has 1 atom stereocenters. The van der Waals surface area contributed by atoms with Crippen molar-refractivity contribution in [2.45, 2.75) is 26.8 Å². The number of nitrogens with two attached hydrogens (primary N) is 1. The molecule has 0 aliphatic heterocycles. The maximum Gasteiger partial charge on any atom is 0.0663 e. The van der Waals surface area contributed by atoms with E-state index in [1.54, 1.807) is 11.3 Å². The van der Waals surface area contributed by atoms with Crippen molar-refractivity contribution >= 4 is 22.9 Å². The highest BCUT2D eigenvalue weighted by Crippen LogP contribution is 2.35. The molecule has 0 fully saturated rings. The van der Waals surface area contributed by atoms with Gasteiger partial charge in [0.1, 0.15) is 0 Å². The number of aryl methyl sites for hydroxylation is 3. The minimum absolute atomic E-state index is 0.124. The van der Waals surface area contributed by atoms with Gasteiger partial charge in [-0.05, 0) is 42.8 Å². The van der Waals surface area contributed by atoms with Gasteiger partial charge in [0.05, 0.1) is 11.1 Å². The van der Waals surface area contributed by atoms with Gasteiger partial charge in [-0.15, -0.1) is 11.3 Å². The number of rotatable bonds is 2. The van der Waals surface area contributed by atoms with Gasteiger partial charge in [-0.2, -0.15) is 0 Å². The molecule has 1 nitrogen and oxygen atoms in total. The summed E-state index contributed by atoms with van der Waals surface area (Å²) in [5, 5.41) is 2.87. The second kappa shape index (κ2) is 4.81. The van der Waals surface area contributed by atoms with Gasteiger partial charge in [-0.25, -0.2) is 0 Å². The molecule has 17 heavy (non-hydrogen) atoms. The Balaban J connectivity index is 2.47. The van der Waals surface area contributed by atoms with E-state index in [0.717, 1.165) is 21.0 Å². The smallest absolute Gasteiger partial charge is 0.0663 e. The van der Waals surface area contributed by atoms with E-state index in [9.17, 15) is 0 Å². The molecule has 0 saturated carbocycles. The molecule has 1 unspecified atom stereocenters. The molecule has 2 aromatic rings. The van der Waals surface area contributed by atoms with Crippen LogP contribution in [0.1, 0.15) is 33.2 Å². The van der Waals surface area contributed by atoms with E-state index >= 15 is 0 Å². The fraction of sp³-hybridized carbons (Fsp3) is 0.286. The first-order chi connectivity index (χ1) is 8.00. The van der Waals surface area contributed by atoms with Crippen LogP contribution >= 0.6 is 22.9 Å². The average molecular weight is 266 g/mol. The lowest BCUT2D eigenvalue weighted by molar-refractivity contribution is 0.880. The van der Waals surface area contributed by atoms with E-state index in [-0.39, 0.29) is 6.04 Å². The predicted octanol–water partition coefficient (Wildman–Crippen LogP) is 4.37. The van der Waals surface area contributed by atoms with Crippen molar-refractivity contribution in [3.63, 3.8) is 0 Å². The van der Waals surface area contributed by atoms with Crippen LogP contribution in [-0.4, -0.2) is 0 Å². The normalized spacial score (nSPS) is 12.8. The lowest BCUT2D eigenvalue weighted by Crippen LogP contribution is -2.12. The topological polar surface area (TPSA) is 26.0 Å². The Hall–Kier alpha value is -0.830. The fourth-order valence-electron chi connectivity index (χ4n) is 1.90. The van der Waals surface area contributed by atoms with Crippen LogP contribution in [0.3, 0.4) is 0 Å². The molecule has 0 radical (unpaired) electrons. The molecule has 1 heterocycles. The Bertz CT molecular complexity index is 545. The van der Waals surface area contributed by atoms with Gasteiger partial charge in [-0.3, -0.25) is 0 Å². The fourth-order valence-corrected chi connectivity index (χ4v) is 3.23. The molecule has 0 amide bonds. The molecule has 3 heteroatoms. The Morgan fingerprint density at radius 2 is 1.88 bits per heavy atom. The van der Waals surface area contributed by atoms with Crippen LogP contribution in [0, 0.1) is 20.8 Å². The Labute approximate surface area is 111 Å². The van der Waals surface area contributed by atoms with Crippen molar-refractivity contribution in [3.05, 3.63) is 55.7 Å². The van der Waals surface area contributed by atoms with Crippen LogP contribution in [0.2, 0.25) is 5.02 Å². The summed E-state index contributed by atoms with van der Waals surface area (Å²) < 4.78 is 0. The summed E-state index contributed by atoms with van der Waals surface area (Å²) in [5.74, 6) is 0. The van der Waals surface area contributed by atoms with Gasteiger partial charge >= 0.3 is 0 Å². The monoisotopic (exact) mass is 265 g/mol. The van der Waals surface area contributed by atoms with Gasteiger partial charge in [0.25, 0.3) is 0 Å². The predicted molar refractivity (Wildman–Crippen MR) is 76.0 cm³/mol. The Morgan fingerprint density at radius 3 is 2.47 bits per heavy atom. The highest BCUT2D eigenvalue weighted by molar-refractivity contribution is 7.10. The number of thiophene rings is 1. The second-order valence-corrected chi connectivity index (χ2v) is 5.72. The molecule has 0 saturated heterocycles. The molecule has 1 aromatic heterocycles. The molecule has 0 aliphatic rings. The Kier molecular flexibility index (Phi) is 3.57. The first kappa shape index (κ1) is 12.6. The quantitative estimate of drug-likeness (QED) is 0.857. The van der Waals surface area contributed by atoms with Crippen LogP contribution in [-0.2, 0) is 0 Å². The van der Waals surface area contributed by atoms with Crippen molar-refractivity contribution < 1.29 is 0 Å². The third-order valence-corrected chi connectivity index (χ3v) is 4.77. The molecule has 0 bridgehead atoms. The van der Waals surface area contributed by atoms with E-state index in [2.05, 4.69) is 37.4 Å². The summed E-state index contributed by atoms with van der Waals surface area (Å²) in [7, 11) is 0. The van der Waals surface area contributed by atoms with Crippen LogP contribution in [0.15, 0.2) is 23.6 Å². The van der Waals surface area contributed by atoms with Crippen molar-refractivity contribution in [1.82, 2.24) is 0 Å². The van der Waals surface area contributed by atoms with Crippen LogP contribution in [0.4, 0.5) is 0 Å². The molecule has 2 rings (SSSR count). The summed E-state index contributed by atoms with van der Waals surface area (Å²) in [6, 6.07) is 6.23. The first-order valence-electron chi connectivity index (χ1n) is 5.57. The van der Waals surface area contributed by atoms with Gasteiger partial charge in [0.2, 0.25) is 0 Å². The number of benzene rings is 1. The molecule has 0 spiro atoms. The molecule has 2 N–H and O–H groups in total. The maximum absolute atomic E-state index is 6.33. The van der Waals surface area contributed by atoms with E-state index in [0.29, 0.717) is 0 Å². The van der Waals surface area contributed by atoms with E-state index in [1.165, 1.54) is 11.1 Å². The van der Waals surface area contributed by atoms with Gasteiger partial charge in [0, 0.05) is 4.88 Å². The summed E-state index contributed by atoms with van der Waals surface area (Å²) in [6.07, 6.45) is 0.